The molecule has 0 spiro atoms. The lowest BCUT2D eigenvalue weighted by Crippen LogP contribution is -2.42. The summed E-state index contributed by atoms with van der Waals surface area (Å²) in [5.41, 5.74) is 6.89. The van der Waals surface area contributed by atoms with Crippen molar-refractivity contribution < 1.29 is 5.11 Å². The fraction of sp³-hybridized carbons (Fsp3) is 0.333. The van der Waals surface area contributed by atoms with Gasteiger partial charge in [0, 0.05) is 61.1 Å². The number of piperazine rings is 1. The maximum absolute atomic E-state index is 10.2. The first-order valence-electron chi connectivity index (χ1n) is 12.2. The summed E-state index contributed by atoms with van der Waals surface area (Å²) in [6.45, 7) is 7.04. The van der Waals surface area contributed by atoms with E-state index in [1.165, 1.54) is 24.0 Å². The van der Waals surface area contributed by atoms with E-state index < -0.39 is 0 Å². The number of nitrogens with zero attached hydrogens (tertiary/aromatic N) is 3. The molecule has 2 aromatic heterocycles. The number of rotatable bonds is 6. The van der Waals surface area contributed by atoms with Gasteiger partial charge in [0.15, 0.2) is 0 Å². The molecule has 4 N–H and O–H groups in total. The highest BCUT2D eigenvalue weighted by atomic mass is 35.5. The van der Waals surface area contributed by atoms with E-state index in [-0.39, 0.29) is 5.75 Å². The number of phenols is 1. The van der Waals surface area contributed by atoms with Crippen LogP contribution in [-0.2, 0) is 6.54 Å². The van der Waals surface area contributed by atoms with Gasteiger partial charge in [-0.25, -0.2) is 9.97 Å². The van der Waals surface area contributed by atoms with Crippen LogP contribution in [0.3, 0.4) is 0 Å². The van der Waals surface area contributed by atoms with Gasteiger partial charge in [0.2, 0.25) is 5.95 Å². The normalized spacial score (nSPS) is 16.6. The molecule has 8 heteroatoms. The second-order valence-electron chi connectivity index (χ2n) is 9.67. The van der Waals surface area contributed by atoms with Crippen LogP contribution < -0.4 is 10.6 Å². The van der Waals surface area contributed by atoms with Crippen LogP contribution in [0.5, 0.6) is 5.75 Å². The predicted octanol–water partition coefficient (Wildman–Crippen LogP) is 5.32. The summed E-state index contributed by atoms with van der Waals surface area (Å²) in [5, 5.41) is 18.4. The summed E-state index contributed by atoms with van der Waals surface area (Å²) in [4.78, 5) is 15.0. The molecule has 0 bridgehead atoms. The lowest BCUT2D eigenvalue weighted by atomic mass is 10.0. The fourth-order valence-electron chi connectivity index (χ4n) is 4.87. The van der Waals surface area contributed by atoms with Crippen LogP contribution in [0.2, 0.25) is 5.02 Å². The highest BCUT2D eigenvalue weighted by Crippen LogP contribution is 2.42. The zero-order valence-electron chi connectivity index (χ0n) is 19.7. The zero-order chi connectivity index (χ0) is 23.9. The van der Waals surface area contributed by atoms with Gasteiger partial charge in [-0.05, 0) is 66.6 Å². The third-order valence-electron chi connectivity index (χ3n) is 6.93. The molecular weight excluding hydrogens is 460 g/mol. The zero-order valence-corrected chi connectivity index (χ0v) is 20.5. The largest absolute Gasteiger partial charge is 0.508 e. The van der Waals surface area contributed by atoms with Crippen LogP contribution in [0.15, 0.2) is 42.7 Å². The summed E-state index contributed by atoms with van der Waals surface area (Å²) < 4.78 is 0. The minimum absolute atomic E-state index is 0.246. The predicted molar refractivity (Wildman–Crippen MR) is 141 cm³/mol. The maximum Gasteiger partial charge on any atom is 0.227 e. The molecule has 2 aromatic carbocycles. The molecule has 1 saturated heterocycles. The second kappa shape index (κ2) is 9.15. The molecule has 0 radical (unpaired) electrons. The number of aromatic amines is 1. The van der Waals surface area contributed by atoms with Crippen molar-refractivity contribution in [3.8, 4) is 17.0 Å². The first kappa shape index (κ1) is 22.3. The topological polar surface area (TPSA) is 89.1 Å². The Morgan fingerprint density at radius 3 is 2.77 bits per heavy atom. The molecular formula is C27H29ClN6O. The Morgan fingerprint density at radius 1 is 1.14 bits per heavy atom. The molecule has 35 heavy (non-hydrogen) atoms. The molecule has 4 aromatic rings. The van der Waals surface area contributed by atoms with Gasteiger partial charge < -0.3 is 20.7 Å². The molecule has 1 saturated carbocycles. The SMILES string of the molecule is Cc1cc2[nH]cc(-c3nc(Nc4cc(CN5CCNCC5)cc(C5CC5)c4)ncc3Cl)c2cc1O. The Kier molecular flexibility index (Phi) is 5.84. The molecule has 1 aliphatic carbocycles. The molecule has 3 heterocycles. The van der Waals surface area contributed by atoms with Gasteiger partial charge in [0.25, 0.3) is 0 Å². The van der Waals surface area contributed by atoms with Gasteiger partial charge in [-0.2, -0.15) is 0 Å². The molecule has 1 aliphatic heterocycles. The first-order valence-corrected chi connectivity index (χ1v) is 12.6. The van der Waals surface area contributed by atoms with Crippen molar-refractivity contribution >= 4 is 34.1 Å². The van der Waals surface area contributed by atoms with E-state index in [4.69, 9.17) is 16.6 Å². The number of hydrogen-bond donors (Lipinski definition) is 4. The van der Waals surface area contributed by atoms with Crippen molar-refractivity contribution in [2.75, 3.05) is 31.5 Å². The van der Waals surface area contributed by atoms with Crippen molar-refractivity contribution in [1.29, 1.82) is 0 Å². The highest BCUT2D eigenvalue weighted by Gasteiger charge is 2.25. The Bertz CT molecular complexity index is 1390. The van der Waals surface area contributed by atoms with Crippen LogP contribution in [-0.4, -0.2) is 51.1 Å². The summed E-state index contributed by atoms with van der Waals surface area (Å²) in [5.74, 6) is 1.40. The molecule has 2 aliphatic rings. The third kappa shape index (κ3) is 4.72. The molecule has 7 nitrogen and oxygen atoms in total. The highest BCUT2D eigenvalue weighted by molar-refractivity contribution is 6.33. The molecule has 6 rings (SSSR count). The minimum atomic E-state index is 0.246. The summed E-state index contributed by atoms with van der Waals surface area (Å²) >= 11 is 6.53. The number of H-pyrrole nitrogens is 1. The summed E-state index contributed by atoms with van der Waals surface area (Å²) in [6.07, 6.45) is 6.02. The summed E-state index contributed by atoms with van der Waals surface area (Å²) in [6, 6.07) is 10.5. The van der Waals surface area contributed by atoms with E-state index in [2.05, 4.69) is 43.7 Å². The lowest BCUT2D eigenvalue weighted by Gasteiger charge is -2.27. The first-order chi connectivity index (χ1) is 17.0. The van der Waals surface area contributed by atoms with E-state index in [1.807, 2.05) is 19.2 Å². The number of hydrogen-bond acceptors (Lipinski definition) is 6. The number of nitrogens with one attached hydrogen (secondary N) is 3. The average molecular weight is 489 g/mol. The van der Waals surface area contributed by atoms with E-state index >= 15 is 0 Å². The van der Waals surface area contributed by atoms with Crippen molar-refractivity contribution in [2.45, 2.75) is 32.2 Å². The molecule has 0 atom stereocenters. The van der Waals surface area contributed by atoms with Gasteiger partial charge in [-0.15, -0.1) is 0 Å². The molecule has 0 unspecified atom stereocenters. The monoisotopic (exact) mass is 488 g/mol. The molecule has 2 fully saturated rings. The van der Waals surface area contributed by atoms with Crippen molar-refractivity contribution in [3.05, 3.63) is 64.4 Å². The van der Waals surface area contributed by atoms with Crippen LogP contribution in [0, 0.1) is 6.92 Å². The Labute approximate surface area is 209 Å². The van der Waals surface area contributed by atoms with Crippen LogP contribution in [0.4, 0.5) is 11.6 Å². The molecule has 0 amide bonds. The Morgan fingerprint density at radius 2 is 1.97 bits per heavy atom. The number of fused-ring (bicyclic) bond motifs is 1. The van der Waals surface area contributed by atoms with Gasteiger partial charge in [-0.3, -0.25) is 4.90 Å². The van der Waals surface area contributed by atoms with Crippen LogP contribution in [0.25, 0.3) is 22.2 Å². The standard InChI is InChI=1S/C27H29ClN6O/c1-16-8-24-21(12-25(16)35)22(13-30-24)26-23(28)14-31-27(33-26)32-20-10-17(9-19(11-20)18-2-3-18)15-34-6-4-29-5-7-34/h8-14,18,29-30,35H,2-7,15H2,1H3,(H,31,32,33). The van der Waals surface area contributed by atoms with E-state index in [1.54, 1.807) is 12.3 Å². The number of anilines is 2. The van der Waals surface area contributed by atoms with Gasteiger partial charge >= 0.3 is 0 Å². The number of aromatic hydroxyl groups is 1. The minimum Gasteiger partial charge on any atom is -0.508 e. The number of aryl methyl sites for hydroxylation is 1. The fourth-order valence-corrected chi connectivity index (χ4v) is 5.06. The second-order valence-corrected chi connectivity index (χ2v) is 10.1. The Balaban J connectivity index is 1.32. The van der Waals surface area contributed by atoms with Gasteiger partial charge in [0.05, 0.1) is 16.9 Å². The smallest absolute Gasteiger partial charge is 0.227 e. The third-order valence-corrected chi connectivity index (χ3v) is 7.21. The lowest BCUT2D eigenvalue weighted by molar-refractivity contribution is 0.233. The summed E-state index contributed by atoms with van der Waals surface area (Å²) in [7, 11) is 0. The van der Waals surface area contributed by atoms with E-state index in [0.29, 0.717) is 22.6 Å². The quantitative estimate of drug-likeness (QED) is 0.294. The van der Waals surface area contributed by atoms with Crippen molar-refractivity contribution in [3.63, 3.8) is 0 Å². The van der Waals surface area contributed by atoms with E-state index in [9.17, 15) is 5.11 Å². The van der Waals surface area contributed by atoms with Crippen molar-refractivity contribution in [2.24, 2.45) is 0 Å². The number of halogens is 1. The average Bonchev–Trinajstić information content (AvgIpc) is 3.63. The number of aromatic nitrogens is 3. The Hall–Kier alpha value is -3.13. The maximum atomic E-state index is 10.2. The number of phenolic OH excluding ortho intramolecular Hbond substituents is 1. The van der Waals surface area contributed by atoms with Gasteiger partial charge in [0.1, 0.15) is 5.75 Å². The van der Waals surface area contributed by atoms with Crippen LogP contribution in [0.1, 0.15) is 35.4 Å². The van der Waals surface area contributed by atoms with E-state index in [0.717, 1.165) is 60.4 Å². The number of benzene rings is 2. The van der Waals surface area contributed by atoms with Crippen LogP contribution >= 0.6 is 11.6 Å². The van der Waals surface area contributed by atoms with Crippen molar-refractivity contribution in [1.82, 2.24) is 25.2 Å². The van der Waals surface area contributed by atoms with Gasteiger partial charge in [-0.1, -0.05) is 17.7 Å². The molecule has 180 valence electrons.